The molecule has 0 aliphatic rings. The molecule has 0 aliphatic carbocycles. The van der Waals surface area contributed by atoms with Gasteiger partial charge >= 0.3 is 0 Å². The van der Waals surface area contributed by atoms with E-state index in [1.807, 2.05) is 6.92 Å². The van der Waals surface area contributed by atoms with Crippen LogP contribution in [0.15, 0.2) is 0 Å². The highest BCUT2D eigenvalue weighted by Crippen LogP contribution is 1.97. The van der Waals surface area contributed by atoms with E-state index in [-0.39, 0.29) is 18.3 Å². The Morgan fingerprint density at radius 3 is 2.21 bits per heavy atom. The van der Waals surface area contributed by atoms with Crippen molar-refractivity contribution in [1.82, 2.24) is 5.32 Å². The van der Waals surface area contributed by atoms with Gasteiger partial charge in [0, 0.05) is 20.8 Å². The van der Waals surface area contributed by atoms with E-state index >= 15 is 0 Å². The van der Waals surface area contributed by atoms with Crippen LogP contribution in [0.1, 0.15) is 6.92 Å². The van der Waals surface area contributed by atoms with Crippen LogP contribution in [0.25, 0.3) is 0 Å². The van der Waals surface area contributed by atoms with E-state index in [0.717, 1.165) is 0 Å². The number of primary sulfonamides is 1. The molecule has 0 aliphatic heterocycles. The van der Waals surface area contributed by atoms with Gasteiger partial charge in [0.1, 0.15) is 0 Å². The van der Waals surface area contributed by atoms with E-state index < -0.39 is 16.3 Å². The van der Waals surface area contributed by atoms with E-state index in [9.17, 15) is 8.42 Å². The average Bonchev–Trinajstić information content (AvgIpc) is 2.04. The first-order chi connectivity index (χ1) is 6.40. The molecule has 1 atom stereocenters. The summed E-state index contributed by atoms with van der Waals surface area (Å²) < 4.78 is 31.2. The molecule has 0 fully saturated rings. The summed E-state index contributed by atoms with van der Waals surface area (Å²) in [6, 6.07) is -0.0910. The first-order valence-corrected chi connectivity index (χ1v) is 5.91. The van der Waals surface area contributed by atoms with E-state index in [1.165, 1.54) is 14.2 Å². The number of rotatable bonds is 7. The third-order valence-electron chi connectivity index (χ3n) is 1.73. The van der Waals surface area contributed by atoms with E-state index in [0.29, 0.717) is 0 Å². The average molecular weight is 226 g/mol. The molecule has 0 rings (SSSR count). The lowest BCUT2D eigenvalue weighted by atomic mass is 10.3. The first-order valence-electron chi connectivity index (χ1n) is 4.20. The number of sulfonamides is 1. The highest BCUT2D eigenvalue weighted by molar-refractivity contribution is 7.89. The molecule has 6 nitrogen and oxygen atoms in total. The fourth-order valence-electron chi connectivity index (χ4n) is 1.03. The normalized spacial score (nSPS) is 14.6. The summed E-state index contributed by atoms with van der Waals surface area (Å²) >= 11 is 0. The van der Waals surface area contributed by atoms with Gasteiger partial charge in [0.2, 0.25) is 10.0 Å². The van der Waals surface area contributed by atoms with Gasteiger partial charge in [0.05, 0.1) is 11.8 Å². The zero-order chi connectivity index (χ0) is 11.2. The number of nitrogens with two attached hydrogens (primary N) is 1. The second-order valence-corrected chi connectivity index (χ2v) is 4.68. The minimum atomic E-state index is -3.40. The maximum atomic E-state index is 10.6. The molecular formula is C7H18N2O4S. The van der Waals surface area contributed by atoms with Crippen LogP contribution in [0.3, 0.4) is 0 Å². The summed E-state index contributed by atoms with van der Waals surface area (Å²) in [4.78, 5) is 0. The molecule has 14 heavy (non-hydrogen) atoms. The molecule has 0 bridgehead atoms. The molecule has 0 aromatic carbocycles. The van der Waals surface area contributed by atoms with Gasteiger partial charge in [0.15, 0.2) is 6.29 Å². The lowest BCUT2D eigenvalue weighted by molar-refractivity contribution is -0.119. The molecule has 86 valence electrons. The zero-order valence-corrected chi connectivity index (χ0v) is 9.50. The lowest BCUT2D eigenvalue weighted by Crippen LogP contribution is -2.42. The van der Waals surface area contributed by atoms with Crippen molar-refractivity contribution in [3.8, 4) is 0 Å². The first kappa shape index (κ1) is 13.8. The van der Waals surface area contributed by atoms with Crippen molar-refractivity contribution in [3.63, 3.8) is 0 Å². The highest BCUT2D eigenvalue weighted by atomic mass is 32.2. The molecular weight excluding hydrogens is 208 g/mol. The largest absolute Gasteiger partial charge is 0.354 e. The van der Waals surface area contributed by atoms with Crippen LogP contribution >= 0.6 is 0 Å². The van der Waals surface area contributed by atoms with Crippen LogP contribution in [0.5, 0.6) is 0 Å². The van der Waals surface area contributed by atoms with Crippen LogP contribution < -0.4 is 10.5 Å². The minimum absolute atomic E-state index is 0.0910. The Labute approximate surface area is 84.8 Å². The standard InChI is InChI=1S/C7H18N2O4S/c1-6(7(12-2)13-3)9-4-5-14(8,10)11/h6-7,9H,4-5H2,1-3H3,(H2,8,10,11). The summed E-state index contributed by atoms with van der Waals surface area (Å²) in [7, 11) is -0.363. The van der Waals surface area contributed by atoms with Crippen LogP contribution in [-0.4, -0.2) is 47.3 Å². The van der Waals surface area contributed by atoms with Gasteiger partial charge < -0.3 is 14.8 Å². The smallest absolute Gasteiger partial charge is 0.210 e. The van der Waals surface area contributed by atoms with Crippen molar-refractivity contribution in [2.75, 3.05) is 26.5 Å². The molecule has 0 saturated carbocycles. The Morgan fingerprint density at radius 2 is 1.86 bits per heavy atom. The monoisotopic (exact) mass is 226 g/mol. The van der Waals surface area contributed by atoms with E-state index in [4.69, 9.17) is 14.6 Å². The van der Waals surface area contributed by atoms with Gasteiger partial charge in [-0.05, 0) is 6.92 Å². The Morgan fingerprint density at radius 1 is 1.36 bits per heavy atom. The van der Waals surface area contributed by atoms with Crippen LogP contribution in [0.2, 0.25) is 0 Å². The number of hydrogen-bond acceptors (Lipinski definition) is 5. The van der Waals surface area contributed by atoms with Crippen molar-refractivity contribution in [3.05, 3.63) is 0 Å². The lowest BCUT2D eigenvalue weighted by Gasteiger charge is -2.21. The van der Waals surface area contributed by atoms with Gasteiger partial charge in [-0.25, -0.2) is 13.6 Å². The maximum Gasteiger partial charge on any atom is 0.210 e. The fraction of sp³-hybridized carbons (Fsp3) is 1.00. The fourth-order valence-corrected chi connectivity index (χ4v) is 1.43. The van der Waals surface area contributed by atoms with Crippen LogP contribution in [-0.2, 0) is 19.5 Å². The molecule has 0 saturated heterocycles. The summed E-state index contributed by atoms with van der Waals surface area (Å²) in [6.07, 6.45) is -0.393. The zero-order valence-electron chi connectivity index (χ0n) is 8.69. The van der Waals surface area contributed by atoms with Crippen molar-refractivity contribution in [2.45, 2.75) is 19.3 Å². The van der Waals surface area contributed by atoms with E-state index in [2.05, 4.69) is 5.32 Å². The summed E-state index contributed by atoms with van der Waals surface area (Å²) in [5.41, 5.74) is 0. The maximum absolute atomic E-state index is 10.6. The van der Waals surface area contributed by atoms with Gasteiger partial charge in [-0.15, -0.1) is 0 Å². The SMILES string of the molecule is COC(OC)C(C)NCCS(N)(=O)=O. The van der Waals surface area contributed by atoms with Crippen molar-refractivity contribution in [2.24, 2.45) is 5.14 Å². The molecule has 3 N–H and O–H groups in total. The Kier molecular flexibility index (Phi) is 6.21. The van der Waals surface area contributed by atoms with Gasteiger partial charge in [0.25, 0.3) is 0 Å². The topological polar surface area (TPSA) is 90.7 Å². The summed E-state index contributed by atoms with van der Waals surface area (Å²) in [6.45, 7) is 2.12. The quantitative estimate of drug-likeness (QED) is 0.536. The molecule has 7 heteroatoms. The van der Waals surface area contributed by atoms with Crippen molar-refractivity contribution >= 4 is 10.0 Å². The van der Waals surface area contributed by atoms with Gasteiger partial charge in [-0.1, -0.05) is 0 Å². The molecule has 0 amide bonds. The Bertz CT molecular complexity index is 238. The molecule has 0 aromatic heterocycles. The second kappa shape index (κ2) is 6.31. The van der Waals surface area contributed by atoms with Crippen LogP contribution in [0.4, 0.5) is 0 Å². The van der Waals surface area contributed by atoms with Crippen molar-refractivity contribution in [1.29, 1.82) is 0 Å². The number of ether oxygens (including phenoxy) is 2. The number of hydrogen-bond donors (Lipinski definition) is 2. The minimum Gasteiger partial charge on any atom is -0.354 e. The third kappa shape index (κ3) is 6.28. The molecule has 1 unspecified atom stereocenters. The molecule has 0 spiro atoms. The number of methoxy groups -OCH3 is 2. The van der Waals surface area contributed by atoms with Crippen molar-refractivity contribution < 1.29 is 17.9 Å². The van der Waals surface area contributed by atoms with E-state index in [1.54, 1.807) is 0 Å². The predicted octanol–water partition coefficient (Wildman–Crippen LogP) is -1.13. The second-order valence-electron chi connectivity index (χ2n) is 2.95. The number of nitrogens with one attached hydrogen (secondary N) is 1. The third-order valence-corrected chi connectivity index (χ3v) is 2.50. The Balaban J connectivity index is 3.78. The predicted molar refractivity (Wildman–Crippen MR) is 53.2 cm³/mol. The summed E-state index contributed by atoms with van der Waals surface area (Å²) in [5, 5.41) is 7.76. The molecule has 0 radical (unpaired) electrons. The Hall–Kier alpha value is -0.210. The van der Waals surface area contributed by atoms with Gasteiger partial charge in [-0.2, -0.15) is 0 Å². The summed E-state index contributed by atoms with van der Waals surface area (Å²) in [5.74, 6) is -0.0997. The van der Waals surface area contributed by atoms with Gasteiger partial charge in [-0.3, -0.25) is 0 Å². The molecule has 0 aromatic rings. The van der Waals surface area contributed by atoms with Crippen LogP contribution in [0, 0.1) is 0 Å². The highest BCUT2D eigenvalue weighted by Gasteiger charge is 2.15. The molecule has 0 heterocycles.